The Kier molecular flexibility index (Phi) is 4.70. The van der Waals surface area contributed by atoms with Crippen molar-refractivity contribution in [1.29, 1.82) is 0 Å². The zero-order chi connectivity index (χ0) is 15.6. The highest BCUT2D eigenvalue weighted by Gasteiger charge is 2.23. The molecule has 0 aromatic heterocycles. The molecule has 3 rings (SSSR count). The van der Waals surface area contributed by atoms with Gasteiger partial charge in [-0.25, -0.2) is 0 Å². The summed E-state index contributed by atoms with van der Waals surface area (Å²) in [5.74, 6) is 2.39. The molecule has 0 saturated carbocycles. The molecule has 1 aliphatic heterocycles. The van der Waals surface area contributed by atoms with E-state index in [0.29, 0.717) is 5.41 Å². The number of fused-ring (bicyclic) bond motifs is 1. The van der Waals surface area contributed by atoms with Crippen molar-refractivity contribution in [3.05, 3.63) is 59.7 Å². The van der Waals surface area contributed by atoms with E-state index in [1.807, 2.05) is 23.5 Å². The average molecular weight is 327 g/mol. The smallest absolute Gasteiger partial charge is 0.0214 e. The van der Waals surface area contributed by atoms with Gasteiger partial charge in [0.05, 0.1) is 0 Å². The molecule has 2 aromatic rings. The van der Waals surface area contributed by atoms with Gasteiger partial charge in [0.15, 0.2) is 0 Å². The molecule has 22 heavy (non-hydrogen) atoms. The molecule has 0 fully saturated rings. The van der Waals surface area contributed by atoms with Crippen LogP contribution in [0.2, 0.25) is 0 Å². The first kappa shape index (κ1) is 15.8. The molecule has 0 nitrogen and oxygen atoms in total. The van der Waals surface area contributed by atoms with Gasteiger partial charge < -0.3 is 0 Å². The Balaban J connectivity index is 1.87. The first-order valence-corrected chi connectivity index (χ1v) is 9.64. The van der Waals surface area contributed by atoms with Crippen LogP contribution in [0.15, 0.2) is 58.3 Å². The van der Waals surface area contributed by atoms with Crippen molar-refractivity contribution >= 4 is 35.2 Å². The van der Waals surface area contributed by atoms with Gasteiger partial charge in [0, 0.05) is 21.3 Å². The molecule has 114 valence electrons. The third kappa shape index (κ3) is 3.80. The molecule has 0 amide bonds. The Morgan fingerprint density at radius 3 is 2.36 bits per heavy atom. The predicted octanol–water partition coefficient (Wildman–Crippen LogP) is 6.47. The second-order valence-corrected chi connectivity index (χ2v) is 8.68. The molecule has 0 unspecified atom stereocenters. The molecule has 0 spiro atoms. The van der Waals surface area contributed by atoms with Crippen LogP contribution >= 0.6 is 23.5 Å². The minimum Gasteiger partial charge on any atom is -0.124 e. The number of hydrogen-bond acceptors (Lipinski definition) is 2. The summed E-state index contributed by atoms with van der Waals surface area (Å²) in [6, 6.07) is 17.5. The summed E-state index contributed by atoms with van der Waals surface area (Å²) in [4.78, 5) is 2.87. The molecule has 0 aliphatic carbocycles. The van der Waals surface area contributed by atoms with Gasteiger partial charge >= 0.3 is 0 Å². The topological polar surface area (TPSA) is 0 Å². The van der Waals surface area contributed by atoms with Crippen molar-refractivity contribution in [2.75, 3.05) is 11.5 Å². The molecule has 0 radical (unpaired) electrons. The lowest BCUT2D eigenvalue weighted by atomic mass is 10.0. The Morgan fingerprint density at radius 1 is 0.955 bits per heavy atom. The van der Waals surface area contributed by atoms with E-state index in [1.54, 1.807) is 0 Å². The van der Waals surface area contributed by atoms with E-state index in [0.717, 1.165) is 0 Å². The van der Waals surface area contributed by atoms with Crippen LogP contribution in [0.1, 0.15) is 31.9 Å². The van der Waals surface area contributed by atoms with Crippen molar-refractivity contribution in [2.24, 2.45) is 5.41 Å². The van der Waals surface area contributed by atoms with Crippen LogP contribution in [0.5, 0.6) is 0 Å². The Morgan fingerprint density at radius 2 is 1.64 bits per heavy atom. The maximum absolute atomic E-state index is 2.36. The van der Waals surface area contributed by atoms with E-state index in [2.05, 4.69) is 75.4 Å². The molecule has 0 N–H and O–H groups in total. The zero-order valence-corrected chi connectivity index (χ0v) is 15.1. The quantitative estimate of drug-likeness (QED) is 0.580. The summed E-state index contributed by atoms with van der Waals surface area (Å²) >= 11 is 4.00. The van der Waals surface area contributed by atoms with Crippen LogP contribution in [0.25, 0.3) is 11.6 Å². The number of benzene rings is 2. The summed E-state index contributed by atoms with van der Waals surface area (Å²) in [5, 5.41) is 0. The van der Waals surface area contributed by atoms with Crippen LogP contribution in [0.3, 0.4) is 0 Å². The van der Waals surface area contributed by atoms with E-state index < -0.39 is 0 Å². The summed E-state index contributed by atoms with van der Waals surface area (Å²) in [7, 11) is 0. The van der Waals surface area contributed by atoms with Gasteiger partial charge in [0.1, 0.15) is 0 Å². The van der Waals surface area contributed by atoms with Crippen LogP contribution in [-0.2, 0) is 0 Å². The van der Waals surface area contributed by atoms with Gasteiger partial charge in [0.2, 0.25) is 0 Å². The lowest BCUT2D eigenvalue weighted by Crippen LogP contribution is -2.16. The monoisotopic (exact) mass is 326 g/mol. The lowest BCUT2D eigenvalue weighted by Gasteiger charge is -2.19. The minimum absolute atomic E-state index is 0.407. The minimum atomic E-state index is 0.407. The highest BCUT2D eigenvalue weighted by Crippen LogP contribution is 2.42. The average Bonchev–Trinajstić information content (AvgIpc) is 2.67. The normalized spacial score (nSPS) is 17.7. The number of allylic oxidation sites excluding steroid dienone is 1. The van der Waals surface area contributed by atoms with Gasteiger partial charge in [-0.3, -0.25) is 0 Å². The molecule has 2 heteroatoms. The van der Waals surface area contributed by atoms with Crippen LogP contribution in [-0.4, -0.2) is 11.5 Å². The maximum atomic E-state index is 2.36. The molecule has 1 heterocycles. The second kappa shape index (κ2) is 6.55. The summed E-state index contributed by atoms with van der Waals surface area (Å²) < 4.78 is 0. The van der Waals surface area contributed by atoms with E-state index in [4.69, 9.17) is 0 Å². The fourth-order valence-electron chi connectivity index (χ4n) is 2.47. The Labute approximate surface area is 142 Å². The standard InChI is InChI=1S/C20H22S2/c1-15(17-7-5-4-6-8-17)11-16-9-10-18-19(12-16)22-14-20(2,3)13-21-18/h4-12H,13-14H2,1-3H3. The van der Waals surface area contributed by atoms with E-state index in [-0.39, 0.29) is 0 Å². The molecule has 0 atom stereocenters. The second-order valence-electron chi connectivity index (χ2n) is 6.64. The Bertz CT molecular complexity index is 684. The molecular formula is C20H22S2. The highest BCUT2D eigenvalue weighted by molar-refractivity contribution is 8.03. The third-order valence-electron chi connectivity index (χ3n) is 3.82. The van der Waals surface area contributed by atoms with Crippen LogP contribution in [0, 0.1) is 5.41 Å². The van der Waals surface area contributed by atoms with Gasteiger partial charge in [0.25, 0.3) is 0 Å². The molecular weight excluding hydrogens is 304 g/mol. The highest BCUT2D eigenvalue weighted by atomic mass is 32.2. The molecule has 0 bridgehead atoms. The SMILES string of the molecule is CC(=Cc1ccc2c(c1)SCC(C)(C)CS2)c1ccccc1. The van der Waals surface area contributed by atoms with Crippen molar-refractivity contribution in [3.8, 4) is 0 Å². The van der Waals surface area contributed by atoms with Crippen molar-refractivity contribution in [2.45, 2.75) is 30.6 Å². The maximum Gasteiger partial charge on any atom is 0.0214 e. The fourth-order valence-corrected chi connectivity index (χ4v) is 5.04. The molecule has 1 aliphatic rings. The number of hydrogen-bond donors (Lipinski definition) is 0. The van der Waals surface area contributed by atoms with E-state index >= 15 is 0 Å². The van der Waals surface area contributed by atoms with Gasteiger partial charge in [-0.15, -0.1) is 23.5 Å². The van der Waals surface area contributed by atoms with E-state index in [1.165, 1.54) is 38.0 Å². The van der Waals surface area contributed by atoms with Gasteiger partial charge in [-0.2, -0.15) is 0 Å². The number of thioether (sulfide) groups is 2. The lowest BCUT2D eigenvalue weighted by molar-refractivity contribution is 0.493. The fraction of sp³-hybridized carbons (Fsp3) is 0.300. The van der Waals surface area contributed by atoms with Crippen molar-refractivity contribution < 1.29 is 0 Å². The Hall–Kier alpha value is -1.12. The molecule has 0 saturated heterocycles. The summed E-state index contributed by atoms with van der Waals surface area (Å²) in [6.07, 6.45) is 2.29. The summed E-state index contributed by atoms with van der Waals surface area (Å²) in [6.45, 7) is 6.91. The number of rotatable bonds is 2. The largest absolute Gasteiger partial charge is 0.124 e. The molecule has 2 aromatic carbocycles. The first-order valence-electron chi connectivity index (χ1n) is 7.67. The van der Waals surface area contributed by atoms with Crippen LogP contribution < -0.4 is 0 Å². The van der Waals surface area contributed by atoms with E-state index in [9.17, 15) is 0 Å². The third-order valence-corrected chi connectivity index (χ3v) is 7.11. The van der Waals surface area contributed by atoms with Crippen molar-refractivity contribution in [3.63, 3.8) is 0 Å². The van der Waals surface area contributed by atoms with Gasteiger partial charge in [-0.05, 0) is 41.2 Å². The van der Waals surface area contributed by atoms with Crippen LogP contribution in [0.4, 0.5) is 0 Å². The summed E-state index contributed by atoms with van der Waals surface area (Å²) in [5.41, 5.74) is 4.31. The van der Waals surface area contributed by atoms with Gasteiger partial charge in [-0.1, -0.05) is 56.3 Å². The predicted molar refractivity (Wildman–Crippen MR) is 102 cm³/mol. The van der Waals surface area contributed by atoms with Crippen molar-refractivity contribution in [1.82, 2.24) is 0 Å². The zero-order valence-electron chi connectivity index (χ0n) is 13.4. The first-order chi connectivity index (χ1) is 10.5.